The molecule has 0 radical (unpaired) electrons. The number of imidazole rings is 1. The van der Waals surface area contributed by atoms with Crippen molar-refractivity contribution < 1.29 is 4.42 Å². The summed E-state index contributed by atoms with van der Waals surface area (Å²) in [6.45, 7) is 8.35. The minimum Gasteiger partial charge on any atom is -0.424 e. The van der Waals surface area contributed by atoms with Crippen LogP contribution in [0.4, 0.5) is 5.69 Å². The van der Waals surface area contributed by atoms with Crippen LogP contribution in [0.15, 0.2) is 27.4 Å². The van der Waals surface area contributed by atoms with Gasteiger partial charge in [-0.15, -0.1) is 10.2 Å². The number of hydrogen-bond acceptors (Lipinski definition) is 6. The smallest absolute Gasteiger partial charge is 0.323 e. The predicted molar refractivity (Wildman–Crippen MR) is 94.8 cm³/mol. The van der Waals surface area contributed by atoms with E-state index in [2.05, 4.69) is 36.0 Å². The molecule has 0 spiro atoms. The monoisotopic (exact) mass is 342 g/mol. The van der Waals surface area contributed by atoms with Gasteiger partial charge in [-0.05, 0) is 12.1 Å². The van der Waals surface area contributed by atoms with Gasteiger partial charge >= 0.3 is 5.69 Å². The number of nitrogens with one attached hydrogen (secondary N) is 2. The van der Waals surface area contributed by atoms with Crippen molar-refractivity contribution in [1.29, 1.82) is 0 Å². The van der Waals surface area contributed by atoms with Crippen LogP contribution in [0.1, 0.15) is 31.5 Å². The van der Waals surface area contributed by atoms with Gasteiger partial charge in [0, 0.05) is 32.1 Å². The molecule has 2 N–H and O–H groups in total. The van der Waals surface area contributed by atoms with Crippen molar-refractivity contribution in [1.82, 2.24) is 25.1 Å². The molecule has 3 heterocycles. The number of aromatic amines is 2. The lowest BCUT2D eigenvalue weighted by atomic mass is 10.2. The maximum Gasteiger partial charge on any atom is 0.323 e. The first-order valence-electron chi connectivity index (χ1n) is 8.61. The summed E-state index contributed by atoms with van der Waals surface area (Å²) >= 11 is 0. The van der Waals surface area contributed by atoms with Crippen molar-refractivity contribution >= 4 is 16.7 Å². The molecule has 1 aliphatic rings. The van der Waals surface area contributed by atoms with E-state index in [-0.39, 0.29) is 11.6 Å². The Hall–Kier alpha value is -2.61. The molecule has 0 atom stereocenters. The Balaban J connectivity index is 1.43. The number of hydrogen-bond donors (Lipinski definition) is 2. The van der Waals surface area contributed by atoms with Gasteiger partial charge in [-0.2, -0.15) is 0 Å². The number of aromatic nitrogens is 4. The molecular formula is C17H22N6O2. The first-order valence-corrected chi connectivity index (χ1v) is 8.61. The van der Waals surface area contributed by atoms with Gasteiger partial charge in [0.15, 0.2) is 0 Å². The summed E-state index contributed by atoms with van der Waals surface area (Å²) in [6.07, 6.45) is 0. The summed E-state index contributed by atoms with van der Waals surface area (Å²) in [6, 6.07) is 5.93. The lowest BCUT2D eigenvalue weighted by Gasteiger charge is -2.35. The van der Waals surface area contributed by atoms with Crippen molar-refractivity contribution in [2.24, 2.45) is 0 Å². The van der Waals surface area contributed by atoms with Crippen LogP contribution < -0.4 is 10.6 Å². The largest absolute Gasteiger partial charge is 0.424 e. The molecule has 132 valence electrons. The van der Waals surface area contributed by atoms with E-state index >= 15 is 0 Å². The van der Waals surface area contributed by atoms with Crippen molar-refractivity contribution in [3.05, 3.63) is 40.5 Å². The third kappa shape index (κ3) is 3.17. The Kier molecular flexibility index (Phi) is 4.04. The van der Waals surface area contributed by atoms with Gasteiger partial charge < -0.3 is 19.3 Å². The van der Waals surface area contributed by atoms with E-state index < -0.39 is 0 Å². The molecule has 2 aromatic heterocycles. The molecule has 3 aromatic rings. The zero-order valence-electron chi connectivity index (χ0n) is 14.5. The number of para-hydroxylation sites is 1. The van der Waals surface area contributed by atoms with Crippen molar-refractivity contribution in [3.8, 4) is 0 Å². The SMILES string of the molecule is CC(C)c1nnc(CN2CCN(c3cccc4[nH]c(=O)[nH]c34)CC2)o1. The third-order valence-electron chi connectivity index (χ3n) is 4.58. The van der Waals surface area contributed by atoms with Gasteiger partial charge in [-0.3, -0.25) is 4.90 Å². The topological polar surface area (TPSA) is 94.0 Å². The summed E-state index contributed by atoms with van der Waals surface area (Å²) in [7, 11) is 0. The highest BCUT2D eigenvalue weighted by molar-refractivity contribution is 5.88. The highest BCUT2D eigenvalue weighted by Crippen LogP contribution is 2.24. The minimum atomic E-state index is -0.168. The number of piperazine rings is 1. The predicted octanol–water partition coefficient (Wildman–Crippen LogP) is 1.68. The third-order valence-corrected chi connectivity index (χ3v) is 4.58. The van der Waals surface area contributed by atoms with Gasteiger partial charge in [0.1, 0.15) is 0 Å². The molecule has 4 rings (SSSR count). The fourth-order valence-electron chi connectivity index (χ4n) is 3.21. The molecule has 0 amide bonds. The second-order valence-electron chi connectivity index (χ2n) is 6.73. The lowest BCUT2D eigenvalue weighted by molar-refractivity contribution is 0.223. The van der Waals surface area contributed by atoms with Crippen LogP contribution in [0.2, 0.25) is 0 Å². The number of anilines is 1. The van der Waals surface area contributed by atoms with E-state index in [9.17, 15) is 4.79 Å². The Bertz CT molecular complexity index is 917. The molecule has 25 heavy (non-hydrogen) atoms. The van der Waals surface area contributed by atoms with Crippen molar-refractivity contribution in [3.63, 3.8) is 0 Å². The van der Waals surface area contributed by atoms with Gasteiger partial charge in [0.05, 0.1) is 23.3 Å². The molecule has 0 unspecified atom stereocenters. The van der Waals surface area contributed by atoms with Gasteiger partial charge in [0.2, 0.25) is 11.8 Å². The van der Waals surface area contributed by atoms with Gasteiger partial charge in [-0.1, -0.05) is 19.9 Å². The summed E-state index contributed by atoms with van der Waals surface area (Å²) in [5.74, 6) is 1.62. The number of fused-ring (bicyclic) bond motifs is 1. The fraction of sp³-hybridized carbons (Fsp3) is 0.471. The highest BCUT2D eigenvalue weighted by Gasteiger charge is 2.21. The van der Waals surface area contributed by atoms with Crippen LogP contribution in [0, 0.1) is 0 Å². The van der Waals surface area contributed by atoms with Crippen LogP contribution >= 0.6 is 0 Å². The Labute approximate surface area is 144 Å². The van der Waals surface area contributed by atoms with Crippen LogP contribution in [0.25, 0.3) is 11.0 Å². The Morgan fingerprint density at radius 3 is 2.68 bits per heavy atom. The molecule has 1 aliphatic heterocycles. The molecular weight excluding hydrogens is 320 g/mol. The highest BCUT2D eigenvalue weighted by atomic mass is 16.4. The average molecular weight is 342 g/mol. The van der Waals surface area contributed by atoms with E-state index in [0.717, 1.165) is 42.9 Å². The molecule has 0 bridgehead atoms. The van der Waals surface area contributed by atoms with Crippen molar-refractivity contribution in [2.75, 3.05) is 31.1 Å². The van der Waals surface area contributed by atoms with E-state index in [1.807, 2.05) is 26.0 Å². The fourth-order valence-corrected chi connectivity index (χ4v) is 3.21. The minimum absolute atomic E-state index is 0.168. The second-order valence-corrected chi connectivity index (χ2v) is 6.73. The first-order chi connectivity index (χ1) is 12.1. The van der Waals surface area contributed by atoms with Gasteiger partial charge in [0.25, 0.3) is 0 Å². The number of benzene rings is 1. The first kappa shape index (κ1) is 15.9. The summed E-state index contributed by atoms with van der Waals surface area (Å²) in [5, 5.41) is 8.23. The number of rotatable bonds is 4. The van der Waals surface area contributed by atoms with E-state index in [1.165, 1.54) is 0 Å². The number of H-pyrrole nitrogens is 2. The summed E-state index contributed by atoms with van der Waals surface area (Å²) in [5.41, 5.74) is 2.62. The van der Waals surface area contributed by atoms with Crippen LogP contribution in [0.3, 0.4) is 0 Å². The summed E-state index contributed by atoms with van der Waals surface area (Å²) in [4.78, 5) is 21.9. The standard InChI is InChI=1S/C17H22N6O2/c1-11(2)16-21-20-14(25-16)10-22-6-8-23(9-7-22)13-5-3-4-12-15(13)19-17(24)18-12/h3-5,11H,6-10H2,1-2H3,(H2,18,19,24). The van der Waals surface area contributed by atoms with E-state index in [1.54, 1.807) is 0 Å². The molecule has 1 aromatic carbocycles. The number of nitrogens with zero attached hydrogens (tertiary/aromatic N) is 4. The molecule has 1 saturated heterocycles. The van der Waals surface area contributed by atoms with Crippen molar-refractivity contribution in [2.45, 2.75) is 26.3 Å². The zero-order chi connectivity index (χ0) is 17.4. The maximum absolute atomic E-state index is 11.6. The molecule has 0 aliphatic carbocycles. The van der Waals surface area contributed by atoms with Gasteiger partial charge in [-0.25, -0.2) is 4.79 Å². The second kappa shape index (κ2) is 6.36. The molecule has 8 heteroatoms. The van der Waals surface area contributed by atoms with E-state index in [4.69, 9.17) is 4.42 Å². The molecule has 0 saturated carbocycles. The zero-order valence-corrected chi connectivity index (χ0v) is 14.5. The quantitative estimate of drug-likeness (QED) is 0.749. The average Bonchev–Trinajstić information content (AvgIpc) is 3.21. The normalized spacial score (nSPS) is 16.2. The Morgan fingerprint density at radius 1 is 1.16 bits per heavy atom. The van der Waals surface area contributed by atoms with Crippen LogP contribution in [0.5, 0.6) is 0 Å². The molecule has 1 fully saturated rings. The maximum atomic E-state index is 11.6. The van der Waals surface area contributed by atoms with Crippen LogP contribution in [-0.4, -0.2) is 51.2 Å². The Morgan fingerprint density at radius 2 is 1.96 bits per heavy atom. The van der Waals surface area contributed by atoms with E-state index in [0.29, 0.717) is 18.3 Å². The summed E-state index contributed by atoms with van der Waals surface area (Å²) < 4.78 is 5.70. The van der Waals surface area contributed by atoms with Crippen LogP contribution in [-0.2, 0) is 6.54 Å². The molecule has 8 nitrogen and oxygen atoms in total. The lowest BCUT2D eigenvalue weighted by Crippen LogP contribution is -2.46.